The number of aliphatic hydroxyl groups excluding tert-OH is 1. The number of nitrogens with zero attached hydrogens (tertiary/aromatic N) is 2. The van der Waals surface area contributed by atoms with Crippen LogP contribution in [-0.2, 0) is 5.41 Å². The summed E-state index contributed by atoms with van der Waals surface area (Å²) >= 11 is 0. The summed E-state index contributed by atoms with van der Waals surface area (Å²) in [5.41, 5.74) is 6.89. The van der Waals surface area contributed by atoms with Gasteiger partial charge in [0.2, 0.25) is 5.89 Å². The van der Waals surface area contributed by atoms with Gasteiger partial charge in [-0.3, -0.25) is 0 Å². The van der Waals surface area contributed by atoms with Gasteiger partial charge in [0.15, 0.2) is 5.82 Å². The molecule has 2 aromatic rings. The summed E-state index contributed by atoms with van der Waals surface area (Å²) < 4.78 is 5.19. The lowest BCUT2D eigenvalue weighted by molar-refractivity contribution is 0.146. The molecule has 0 saturated heterocycles. The van der Waals surface area contributed by atoms with Crippen molar-refractivity contribution in [3.05, 3.63) is 47.6 Å². The minimum Gasteiger partial charge on any atom is -0.391 e. The van der Waals surface area contributed by atoms with E-state index in [9.17, 15) is 5.11 Å². The van der Waals surface area contributed by atoms with E-state index < -0.39 is 12.1 Å². The molecule has 1 aromatic carbocycles. The molecular formula is C14H17N3O2. The van der Waals surface area contributed by atoms with E-state index in [2.05, 4.69) is 22.3 Å². The standard InChI is InChI=1S/C14H17N3O2/c1-9(18)11(15)12-16-13(17-19-12)14(7-8-14)10-5-3-2-4-6-10/h2-6,9,11,18H,7-8,15H2,1H3. The molecule has 0 spiro atoms. The van der Waals surface area contributed by atoms with Crippen LogP contribution in [0.4, 0.5) is 0 Å². The van der Waals surface area contributed by atoms with Crippen molar-refractivity contribution in [3.8, 4) is 0 Å². The fourth-order valence-electron chi connectivity index (χ4n) is 2.29. The lowest BCUT2D eigenvalue weighted by atomic mass is 9.95. The van der Waals surface area contributed by atoms with E-state index in [1.807, 2.05) is 18.2 Å². The summed E-state index contributed by atoms with van der Waals surface area (Å²) in [4.78, 5) is 4.38. The Kier molecular flexibility index (Phi) is 2.88. The molecule has 1 aliphatic rings. The average Bonchev–Trinajstić information content (AvgIpc) is 3.10. The molecule has 1 aromatic heterocycles. The van der Waals surface area contributed by atoms with Gasteiger partial charge in [-0.15, -0.1) is 0 Å². The first-order valence-corrected chi connectivity index (χ1v) is 6.47. The highest BCUT2D eigenvalue weighted by Crippen LogP contribution is 2.52. The van der Waals surface area contributed by atoms with Crippen LogP contribution in [0.25, 0.3) is 0 Å². The van der Waals surface area contributed by atoms with E-state index >= 15 is 0 Å². The summed E-state index contributed by atoms with van der Waals surface area (Å²) in [6.45, 7) is 1.61. The Bertz CT molecular complexity index is 561. The fourth-order valence-corrected chi connectivity index (χ4v) is 2.29. The molecule has 0 amide bonds. The van der Waals surface area contributed by atoms with Crippen LogP contribution in [0.2, 0.25) is 0 Å². The van der Waals surface area contributed by atoms with Crippen LogP contribution in [0.3, 0.4) is 0 Å². The van der Waals surface area contributed by atoms with Crippen LogP contribution < -0.4 is 5.73 Å². The Morgan fingerprint density at radius 1 is 1.32 bits per heavy atom. The zero-order valence-electron chi connectivity index (χ0n) is 10.8. The van der Waals surface area contributed by atoms with Crippen LogP contribution in [0.15, 0.2) is 34.9 Å². The third kappa shape index (κ3) is 2.05. The third-order valence-corrected chi connectivity index (χ3v) is 3.75. The van der Waals surface area contributed by atoms with Crippen LogP contribution in [0.1, 0.15) is 43.1 Å². The van der Waals surface area contributed by atoms with Crippen molar-refractivity contribution in [3.63, 3.8) is 0 Å². The highest BCUT2D eigenvalue weighted by Gasteiger charge is 2.50. The maximum absolute atomic E-state index is 9.47. The van der Waals surface area contributed by atoms with E-state index in [1.54, 1.807) is 6.92 Å². The number of nitrogens with two attached hydrogens (primary N) is 1. The van der Waals surface area contributed by atoms with Gasteiger partial charge in [0.05, 0.1) is 11.5 Å². The van der Waals surface area contributed by atoms with Gasteiger partial charge in [-0.2, -0.15) is 4.98 Å². The van der Waals surface area contributed by atoms with E-state index in [4.69, 9.17) is 10.3 Å². The monoisotopic (exact) mass is 259 g/mol. The van der Waals surface area contributed by atoms with Crippen molar-refractivity contribution in [1.29, 1.82) is 0 Å². The zero-order valence-corrected chi connectivity index (χ0v) is 10.8. The molecule has 0 radical (unpaired) electrons. The molecule has 1 aliphatic carbocycles. The molecule has 19 heavy (non-hydrogen) atoms. The maximum Gasteiger partial charge on any atom is 0.246 e. The quantitative estimate of drug-likeness (QED) is 0.869. The molecule has 1 saturated carbocycles. The largest absolute Gasteiger partial charge is 0.391 e. The summed E-state index contributed by atoms with van der Waals surface area (Å²) in [7, 11) is 0. The maximum atomic E-state index is 9.47. The number of aliphatic hydroxyl groups is 1. The van der Waals surface area contributed by atoms with Crippen molar-refractivity contribution in [2.24, 2.45) is 5.73 Å². The van der Waals surface area contributed by atoms with Crippen LogP contribution in [-0.4, -0.2) is 21.4 Å². The Morgan fingerprint density at radius 3 is 2.58 bits per heavy atom. The minimum absolute atomic E-state index is 0.124. The summed E-state index contributed by atoms with van der Waals surface area (Å²) in [5, 5.41) is 13.5. The predicted octanol–water partition coefficient (Wildman–Crippen LogP) is 1.53. The first-order chi connectivity index (χ1) is 9.13. The van der Waals surface area contributed by atoms with Gasteiger partial charge in [-0.25, -0.2) is 0 Å². The van der Waals surface area contributed by atoms with Crippen molar-refractivity contribution in [2.45, 2.75) is 37.3 Å². The molecule has 5 nitrogen and oxygen atoms in total. The molecule has 5 heteroatoms. The molecule has 3 rings (SSSR count). The molecular weight excluding hydrogens is 242 g/mol. The second-order valence-electron chi connectivity index (χ2n) is 5.17. The lowest BCUT2D eigenvalue weighted by Gasteiger charge is -2.11. The third-order valence-electron chi connectivity index (χ3n) is 3.75. The Balaban J connectivity index is 1.91. The van der Waals surface area contributed by atoms with Gasteiger partial charge in [-0.1, -0.05) is 35.5 Å². The summed E-state index contributed by atoms with van der Waals surface area (Å²) in [5.74, 6) is 0.969. The van der Waals surface area contributed by atoms with Gasteiger partial charge in [0, 0.05) is 0 Å². The van der Waals surface area contributed by atoms with Crippen LogP contribution >= 0.6 is 0 Å². The van der Waals surface area contributed by atoms with Gasteiger partial charge in [-0.05, 0) is 25.3 Å². The van der Waals surface area contributed by atoms with E-state index in [1.165, 1.54) is 5.56 Å². The molecule has 100 valence electrons. The molecule has 2 atom stereocenters. The normalized spacial score (nSPS) is 19.9. The molecule has 2 unspecified atom stereocenters. The van der Waals surface area contributed by atoms with E-state index in [0.717, 1.165) is 12.8 Å². The molecule has 0 aliphatic heterocycles. The van der Waals surface area contributed by atoms with Crippen molar-refractivity contribution < 1.29 is 9.63 Å². The number of aromatic nitrogens is 2. The zero-order chi connectivity index (χ0) is 13.5. The van der Waals surface area contributed by atoms with Crippen molar-refractivity contribution >= 4 is 0 Å². The van der Waals surface area contributed by atoms with Gasteiger partial charge >= 0.3 is 0 Å². The average molecular weight is 259 g/mol. The first-order valence-electron chi connectivity index (χ1n) is 6.47. The summed E-state index contributed by atoms with van der Waals surface area (Å²) in [6.07, 6.45) is 1.32. The minimum atomic E-state index is -0.708. The molecule has 1 heterocycles. The van der Waals surface area contributed by atoms with Crippen molar-refractivity contribution in [1.82, 2.24) is 10.1 Å². The second kappa shape index (κ2) is 4.43. The number of hydrogen-bond acceptors (Lipinski definition) is 5. The molecule has 0 bridgehead atoms. The van der Waals surface area contributed by atoms with Gasteiger partial charge in [0.1, 0.15) is 6.04 Å². The molecule has 3 N–H and O–H groups in total. The smallest absolute Gasteiger partial charge is 0.246 e. The van der Waals surface area contributed by atoms with E-state index in [-0.39, 0.29) is 5.41 Å². The second-order valence-corrected chi connectivity index (χ2v) is 5.17. The Hall–Kier alpha value is -1.72. The topological polar surface area (TPSA) is 85.2 Å². The van der Waals surface area contributed by atoms with Gasteiger partial charge < -0.3 is 15.4 Å². The SMILES string of the molecule is CC(O)C(N)c1nc(C2(c3ccccc3)CC2)no1. The highest BCUT2D eigenvalue weighted by atomic mass is 16.5. The fraction of sp³-hybridized carbons (Fsp3) is 0.429. The van der Waals surface area contributed by atoms with Crippen molar-refractivity contribution in [2.75, 3.05) is 0 Å². The highest BCUT2D eigenvalue weighted by molar-refractivity contribution is 5.38. The first kappa shape index (κ1) is 12.3. The van der Waals surface area contributed by atoms with Crippen LogP contribution in [0, 0.1) is 0 Å². The number of hydrogen-bond donors (Lipinski definition) is 2. The predicted molar refractivity (Wildman–Crippen MR) is 69.4 cm³/mol. The summed E-state index contributed by atoms with van der Waals surface area (Å²) in [6, 6.07) is 9.54. The van der Waals surface area contributed by atoms with E-state index in [0.29, 0.717) is 11.7 Å². The number of rotatable bonds is 4. The Labute approximate surface area is 111 Å². The van der Waals surface area contributed by atoms with Crippen LogP contribution in [0.5, 0.6) is 0 Å². The van der Waals surface area contributed by atoms with Gasteiger partial charge in [0.25, 0.3) is 0 Å². The Morgan fingerprint density at radius 2 is 2.00 bits per heavy atom. The lowest BCUT2D eigenvalue weighted by Crippen LogP contribution is -2.23. The number of benzene rings is 1. The molecule has 1 fully saturated rings.